The predicted octanol–water partition coefficient (Wildman–Crippen LogP) is 3.61. The number of benzene rings is 2. The zero-order chi connectivity index (χ0) is 17.5. The van der Waals surface area contributed by atoms with Crippen LogP contribution in [0.15, 0.2) is 48.5 Å². The number of carbonyl (C=O) groups excluding carboxylic acids is 2. The lowest BCUT2D eigenvalue weighted by Crippen LogP contribution is -2.23. The van der Waals surface area contributed by atoms with Crippen molar-refractivity contribution in [3.8, 4) is 0 Å². The third kappa shape index (κ3) is 6.85. The van der Waals surface area contributed by atoms with Crippen LogP contribution >= 0.6 is 12.4 Å². The van der Waals surface area contributed by atoms with Crippen LogP contribution in [-0.4, -0.2) is 11.8 Å². The van der Waals surface area contributed by atoms with Crippen LogP contribution in [0.5, 0.6) is 0 Å². The van der Waals surface area contributed by atoms with Gasteiger partial charge in [0.25, 0.3) is 5.91 Å². The number of nitrogens with one attached hydrogen (secondary N) is 2. The predicted molar refractivity (Wildman–Crippen MR) is 104 cm³/mol. The Morgan fingerprint density at radius 1 is 1.08 bits per heavy atom. The molecule has 5 nitrogen and oxygen atoms in total. The molecule has 0 aliphatic carbocycles. The Morgan fingerprint density at radius 2 is 1.80 bits per heavy atom. The van der Waals surface area contributed by atoms with E-state index in [1.54, 1.807) is 24.3 Å². The third-order valence-electron chi connectivity index (χ3n) is 3.41. The van der Waals surface area contributed by atoms with Crippen molar-refractivity contribution in [2.45, 2.75) is 26.8 Å². The first-order valence-electron chi connectivity index (χ1n) is 7.96. The summed E-state index contributed by atoms with van der Waals surface area (Å²) < 4.78 is 0. The van der Waals surface area contributed by atoms with Gasteiger partial charge in [-0.15, -0.1) is 12.4 Å². The van der Waals surface area contributed by atoms with Crippen LogP contribution in [0.25, 0.3) is 0 Å². The molecule has 4 N–H and O–H groups in total. The Morgan fingerprint density at radius 3 is 2.48 bits per heavy atom. The summed E-state index contributed by atoms with van der Waals surface area (Å²) >= 11 is 0. The lowest BCUT2D eigenvalue weighted by molar-refractivity contribution is -0.116. The van der Waals surface area contributed by atoms with Crippen LogP contribution in [-0.2, 0) is 11.3 Å². The van der Waals surface area contributed by atoms with E-state index in [1.807, 2.05) is 38.1 Å². The van der Waals surface area contributed by atoms with Gasteiger partial charge in [-0.05, 0) is 41.8 Å². The maximum atomic E-state index is 12.1. The molecule has 0 saturated heterocycles. The second-order valence-electron chi connectivity index (χ2n) is 6.15. The van der Waals surface area contributed by atoms with Gasteiger partial charge >= 0.3 is 0 Å². The van der Waals surface area contributed by atoms with Gasteiger partial charge in [0.1, 0.15) is 0 Å². The van der Waals surface area contributed by atoms with Gasteiger partial charge in [0, 0.05) is 29.9 Å². The molecule has 0 aliphatic heterocycles. The number of hydrogen-bond donors (Lipinski definition) is 3. The fraction of sp³-hybridized carbons (Fsp3) is 0.263. The minimum Gasteiger partial charge on any atom is -0.399 e. The van der Waals surface area contributed by atoms with Crippen LogP contribution < -0.4 is 16.4 Å². The zero-order valence-corrected chi connectivity index (χ0v) is 15.2. The monoisotopic (exact) mass is 361 g/mol. The van der Waals surface area contributed by atoms with Gasteiger partial charge in [0.15, 0.2) is 0 Å². The molecule has 6 heteroatoms. The smallest absolute Gasteiger partial charge is 0.251 e. The molecule has 0 spiro atoms. The molecular weight excluding hydrogens is 338 g/mol. The fourth-order valence-electron chi connectivity index (χ4n) is 2.31. The van der Waals surface area contributed by atoms with Crippen molar-refractivity contribution in [3.05, 3.63) is 59.7 Å². The van der Waals surface area contributed by atoms with E-state index in [1.165, 1.54) is 0 Å². The van der Waals surface area contributed by atoms with Crippen molar-refractivity contribution < 1.29 is 9.59 Å². The van der Waals surface area contributed by atoms with Crippen LogP contribution in [0, 0.1) is 5.92 Å². The van der Waals surface area contributed by atoms with Gasteiger partial charge < -0.3 is 16.4 Å². The van der Waals surface area contributed by atoms with E-state index >= 15 is 0 Å². The molecule has 0 heterocycles. The molecule has 2 rings (SSSR count). The minimum atomic E-state index is -0.184. The molecule has 25 heavy (non-hydrogen) atoms. The molecule has 0 aromatic heterocycles. The molecule has 2 aromatic rings. The van der Waals surface area contributed by atoms with Gasteiger partial charge in [0.05, 0.1) is 0 Å². The van der Waals surface area contributed by atoms with Crippen molar-refractivity contribution in [2.24, 2.45) is 5.92 Å². The van der Waals surface area contributed by atoms with Crippen LogP contribution in [0.3, 0.4) is 0 Å². The first-order valence-corrected chi connectivity index (χ1v) is 7.96. The summed E-state index contributed by atoms with van der Waals surface area (Å²) in [7, 11) is 0. The van der Waals surface area contributed by atoms with E-state index < -0.39 is 0 Å². The van der Waals surface area contributed by atoms with Crippen LogP contribution in [0.2, 0.25) is 0 Å². The number of anilines is 2. The summed E-state index contributed by atoms with van der Waals surface area (Å²) in [6, 6.07) is 14.3. The summed E-state index contributed by atoms with van der Waals surface area (Å²) in [5.41, 5.74) is 8.41. The highest BCUT2D eigenvalue weighted by Gasteiger charge is 2.07. The number of halogens is 1. The van der Waals surface area contributed by atoms with E-state index in [0.29, 0.717) is 30.1 Å². The second kappa shape index (κ2) is 9.69. The summed E-state index contributed by atoms with van der Waals surface area (Å²) in [5.74, 6) is 0.119. The lowest BCUT2D eigenvalue weighted by atomic mass is 10.1. The molecule has 134 valence electrons. The quantitative estimate of drug-likeness (QED) is 0.687. The molecule has 0 saturated carbocycles. The largest absolute Gasteiger partial charge is 0.399 e. The number of amides is 2. The average Bonchev–Trinajstić information content (AvgIpc) is 2.52. The third-order valence-corrected chi connectivity index (χ3v) is 3.41. The van der Waals surface area contributed by atoms with E-state index in [-0.39, 0.29) is 24.2 Å². The second-order valence-corrected chi connectivity index (χ2v) is 6.15. The Bertz CT molecular complexity index is 732. The van der Waals surface area contributed by atoms with Gasteiger partial charge in [-0.3, -0.25) is 9.59 Å². The maximum Gasteiger partial charge on any atom is 0.251 e. The van der Waals surface area contributed by atoms with E-state index in [4.69, 9.17) is 5.73 Å². The first kappa shape index (κ1) is 20.5. The minimum absolute atomic E-state index is 0. The Balaban J connectivity index is 0.00000312. The molecule has 0 fully saturated rings. The first-order chi connectivity index (χ1) is 11.4. The number of nitrogens with two attached hydrogens (primary N) is 1. The summed E-state index contributed by atoms with van der Waals surface area (Å²) in [6.07, 6.45) is 0.483. The molecule has 0 unspecified atom stereocenters. The highest BCUT2D eigenvalue weighted by atomic mass is 35.5. The molecule has 0 aliphatic rings. The molecule has 0 bridgehead atoms. The maximum absolute atomic E-state index is 12.1. The van der Waals surface area contributed by atoms with Gasteiger partial charge in [-0.2, -0.15) is 0 Å². The summed E-state index contributed by atoms with van der Waals surface area (Å²) in [5, 5.41) is 5.72. The van der Waals surface area contributed by atoms with E-state index in [9.17, 15) is 9.59 Å². The van der Waals surface area contributed by atoms with Crippen molar-refractivity contribution in [1.29, 1.82) is 0 Å². The van der Waals surface area contributed by atoms with Crippen LogP contribution in [0.4, 0.5) is 11.4 Å². The topological polar surface area (TPSA) is 84.2 Å². The molecule has 2 aromatic carbocycles. The van der Waals surface area contributed by atoms with Crippen molar-refractivity contribution in [1.82, 2.24) is 5.32 Å². The van der Waals surface area contributed by atoms with E-state index in [2.05, 4.69) is 10.6 Å². The molecule has 2 amide bonds. The number of hydrogen-bond acceptors (Lipinski definition) is 3. The standard InChI is InChI=1S/C19H23N3O2.ClH/c1-13(2)9-18(23)22-17-8-3-5-14(10-17)12-21-19(24)15-6-4-7-16(20)11-15;/h3-8,10-11,13H,9,12,20H2,1-2H3,(H,21,24)(H,22,23);1H. The van der Waals surface area contributed by atoms with Gasteiger partial charge in [-0.1, -0.05) is 32.0 Å². The van der Waals surface area contributed by atoms with E-state index in [0.717, 1.165) is 11.3 Å². The zero-order valence-electron chi connectivity index (χ0n) is 14.4. The van der Waals surface area contributed by atoms with Crippen molar-refractivity contribution in [3.63, 3.8) is 0 Å². The van der Waals surface area contributed by atoms with Gasteiger partial charge in [0.2, 0.25) is 5.91 Å². The molecule has 0 atom stereocenters. The lowest BCUT2D eigenvalue weighted by Gasteiger charge is -2.10. The van der Waals surface area contributed by atoms with Crippen LogP contribution in [0.1, 0.15) is 36.2 Å². The van der Waals surface area contributed by atoms with Gasteiger partial charge in [-0.25, -0.2) is 0 Å². The van der Waals surface area contributed by atoms with Crippen molar-refractivity contribution in [2.75, 3.05) is 11.1 Å². The molecular formula is C19H24ClN3O2. The summed E-state index contributed by atoms with van der Waals surface area (Å²) in [6.45, 7) is 4.38. The number of rotatable bonds is 6. The Kier molecular flexibility index (Phi) is 7.95. The number of carbonyl (C=O) groups is 2. The van der Waals surface area contributed by atoms with Crippen molar-refractivity contribution >= 4 is 35.6 Å². The number of nitrogen functional groups attached to an aromatic ring is 1. The summed E-state index contributed by atoms with van der Waals surface area (Å²) in [4.78, 5) is 23.9. The normalized spacial score (nSPS) is 10.0. The Hall–Kier alpha value is -2.53. The highest BCUT2D eigenvalue weighted by molar-refractivity contribution is 5.95. The fourth-order valence-corrected chi connectivity index (χ4v) is 2.31. The average molecular weight is 362 g/mol. The highest BCUT2D eigenvalue weighted by Crippen LogP contribution is 2.13. The Labute approximate surface area is 154 Å². The SMILES string of the molecule is CC(C)CC(=O)Nc1cccc(CNC(=O)c2cccc(N)c2)c1.Cl. The molecule has 0 radical (unpaired) electrons.